The van der Waals surface area contributed by atoms with Gasteiger partial charge in [-0.15, -0.1) is 0 Å². The highest BCUT2D eigenvalue weighted by Crippen LogP contribution is 2.57. The van der Waals surface area contributed by atoms with Crippen molar-refractivity contribution in [2.75, 3.05) is 23.7 Å². The molecular weight excluding hydrogens is 1080 g/mol. The molecule has 2 aliphatic carbocycles. The number of rotatable bonds is 17. The van der Waals surface area contributed by atoms with Crippen LogP contribution in [-0.2, 0) is 43.2 Å². The number of nitrogens with one attached hydrogen (secondary N) is 3. The molecule has 0 bridgehead atoms. The molecule has 9 rings (SSSR count). The van der Waals surface area contributed by atoms with Gasteiger partial charge in [0.15, 0.2) is 23.7 Å². The minimum absolute atomic E-state index is 0.00104. The minimum atomic E-state index is -4.98. The van der Waals surface area contributed by atoms with Crippen molar-refractivity contribution in [3.63, 3.8) is 0 Å². The van der Waals surface area contributed by atoms with Gasteiger partial charge < -0.3 is 25.4 Å². The molecule has 5 aromatic rings. The Morgan fingerprint density at radius 3 is 2.00 bits per heavy atom. The maximum atomic E-state index is 13.0. The molecule has 0 saturated carbocycles. The van der Waals surface area contributed by atoms with E-state index in [9.17, 15) is 38.9 Å². The normalized spacial score (nSPS) is 17.0. The summed E-state index contributed by atoms with van der Waals surface area (Å²) in [5.74, 6) is 0.757. The van der Waals surface area contributed by atoms with Crippen molar-refractivity contribution in [2.45, 2.75) is 54.1 Å². The maximum absolute atomic E-state index is 13.0. The fourth-order valence-electron chi connectivity index (χ4n) is 7.72. The Morgan fingerprint density at radius 2 is 1.28 bits per heavy atom. The molecule has 374 valence electrons. The number of allylic oxidation sites excluding steroid dienone is 3. The third kappa shape index (κ3) is 11.4. The van der Waals surface area contributed by atoms with Crippen molar-refractivity contribution in [1.29, 1.82) is 0 Å². The summed E-state index contributed by atoms with van der Waals surface area (Å²) in [4.78, 5) is 32.3. The zero-order chi connectivity index (χ0) is 51.1. The SMILES string of the molecule is O=S(=O)(O)C1=C(NCCCc2nc(Cl)nc(Cc3ccccc3)n2)C=CC2=Nc3c(Cl)c4c(c(Cl)c3OC21)N=C1C=CC(CCCNc2nc(Cl)nc(Nc3ccc(S(=O)(=O)O)cc3S(=O)(=O)O)n2)=CC1O4. The van der Waals surface area contributed by atoms with Gasteiger partial charge >= 0.3 is 0 Å². The first-order chi connectivity index (χ1) is 34.2. The fraction of sp³-hybridized carbons (Fsp3) is 0.209. The smallest absolute Gasteiger partial charge is 0.296 e. The Hall–Kier alpha value is -6.13. The van der Waals surface area contributed by atoms with Crippen molar-refractivity contribution in [3.8, 4) is 11.5 Å². The monoisotopic (exact) mass is 1120 g/mol. The molecule has 0 radical (unpaired) electrons. The summed E-state index contributed by atoms with van der Waals surface area (Å²) in [6, 6.07) is 12.1. The van der Waals surface area contributed by atoms with Crippen molar-refractivity contribution >= 4 is 117 Å². The third-order valence-corrected chi connectivity index (χ3v) is 14.7. The Morgan fingerprint density at radius 1 is 0.625 bits per heavy atom. The molecule has 2 aromatic heterocycles. The van der Waals surface area contributed by atoms with E-state index in [1.54, 1.807) is 6.08 Å². The average molecular weight is 1120 g/mol. The van der Waals surface area contributed by atoms with E-state index < -0.39 is 57.3 Å². The van der Waals surface area contributed by atoms with E-state index in [1.165, 1.54) is 12.2 Å². The molecule has 2 unspecified atom stereocenters. The lowest BCUT2D eigenvalue weighted by atomic mass is 9.98. The van der Waals surface area contributed by atoms with Crippen molar-refractivity contribution in [1.82, 2.24) is 35.2 Å². The average Bonchev–Trinajstić information content (AvgIpc) is 3.31. The van der Waals surface area contributed by atoms with E-state index in [0.29, 0.717) is 62.1 Å². The summed E-state index contributed by atoms with van der Waals surface area (Å²) in [6.07, 6.45) is 8.65. The maximum Gasteiger partial charge on any atom is 0.296 e. The van der Waals surface area contributed by atoms with Gasteiger partial charge in [-0.2, -0.15) is 40.2 Å². The van der Waals surface area contributed by atoms with Gasteiger partial charge in [0, 0.05) is 25.9 Å². The number of benzene rings is 3. The number of fused-ring (bicyclic) bond motifs is 4. The molecule has 4 aliphatic rings. The lowest BCUT2D eigenvalue weighted by molar-refractivity contribution is 0.293. The number of nitrogens with zero attached hydrogens (tertiary/aromatic N) is 8. The standard InChI is InChI=1S/C43H35Cl4N11O11S3/c44-32-35-38(69-36-26(51-35)14-15-27(39(36)72(65,66)67)48-16-5-9-30-53-31(55-40(46)54-30)19-21-6-2-1-3-7-21)33(45)34-37(32)68-28-18-22(10-12-24(28)50-34)8-4-17-49-42-56-41(47)57-43(58-42)52-25-13-11-23(70(59,60)61)20-29(25)71(62,63)64/h1-3,6-7,10-15,18,20,28,36,48H,4-5,8-9,16-17,19H2,(H,59,60,61)(H,62,63,64)(H,65,66,67)(H2,49,52,56,57,58). The quantitative estimate of drug-likeness (QED) is 0.0389. The number of hydrogen-bond acceptors (Lipinski definition) is 19. The molecule has 2 aliphatic heterocycles. The van der Waals surface area contributed by atoms with E-state index in [-0.39, 0.29) is 79.0 Å². The fourth-order valence-corrected chi connectivity index (χ4v) is 10.7. The molecule has 0 fully saturated rings. The van der Waals surface area contributed by atoms with Crippen LogP contribution in [0.1, 0.15) is 36.5 Å². The van der Waals surface area contributed by atoms with E-state index >= 15 is 0 Å². The summed E-state index contributed by atoms with van der Waals surface area (Å²) in [6.45, 7) is 0.553. The van der Waals surface area contributed by atoms with Crippen molar-refractivity contribution in [2.24, 2.45) is 9.98 Å². The number of aromatic nitrogens is 6. The second kappa shape index (κ2) is 20.4. The first-order valence-corrected chi connectivity index (χ1v) is 27.0. The number of anilines is 3. The highest BCUT2D eigenvalue weighted by Gasteiger charge is 2.41. The molecule has 6 N–H and O–H groups in total. The lowest BCUT2D eigenvalue weighted by Crippen LogP contribution is -2.39. The van der Waals surface area contributed by atoms with Crippen LogP contribution in [0, 0.1) is 0 Å². The van der Waals surface area contributed by atoms with Gasteiger partial charge in [-0.25, -0.2) is 24.9 Å². The zero-order valence-corrected chi connectivity index (χ0v) is 42.0. The summed E-state index contributed by atoms with van der Waals surface area (Å²) < 4.78 is 115. The zero-order valence-electron chi connectivity index (χ0n) is 36.5. The van der Waals surface area contributed by atoms with Gasteiger partial charge in [0.05, 0.1) is 27.7 Å². The van der Waals surface area contributed by atoms with Crippen LogP contribution in [0.25, 0.3) is 0 Å². The van der Waals surface area contributed by atoms with Crippen LogP contribution >= 0.6 is 46.4 Å². The van der Waals surface area contributed by atoms with Crippen LogP contribution in [0.5, 0.6) is 11.5 Å². The molecule has 29 heteroatoms. The molecule has 4 heterocycles. The summed E-state index contributed by atoms with van der Waals surface area (Å²) >= 11 is 26.1. The second-order valence-electron chi connectivity index (χ2n) is 15.9. The van der Waals surface area contributed by atoms with Crippen LogP contribution in [0.3, 0.4) is 0 Å². The lowest BCUT2D eigenvalue weighted by Gasteiger charge is -2.32. The summed E-state index contributed by atoms with van der Waals surface area (Å²) in [5, 5.41) is 8.35. The van der Waals surface area contributed by atoms with Crippen molar-refractivity contribution in [3.05, 3.63) is 133 Å². The molecule has 0 amide bonds. The molecule has 3 aromatic carbocycles. The van der Waals surface area contributed by atoms with Gasteiger partial charge in [-0.3, -0.25) is 13.7 Å². The van der Waals surface area contributed by atoms with Gasteiger partial charge in [0.25, 0.3) is 30.4 Å². The van der Waals surface area contributed by atoms with E-state index in [2.05, 4.69) is 50.8 Å². The van der Waals surface area contributed by atoms with Crippen LogP contribution in [0.4, 0.5) is 29.0 Å². The topological polar surface area (TPSA) is 320 Å². The first kappa shape index (κ1) is 50.8. The number of aryl methyl sites for hydroxylation is 1. The largest absolute Gasteiger partial charge is 0.476 e. The number of halogens is 4. The highest BCUT2D eigenvalue weighted by molar-refractivity contribution is 7.90. The number of aliphatic imine (C=N–C) groups is 2. The van der Waals surface area contributed by atoms with Gasteiger partial charge in [0.1, 0.15) is 42.9 Å². The van der Waals surface area contributed by atoms with Crippen LogP contribution in [0.15, 0.2) is 115 Å². The van der Waals surface area contributed by atoms with Crippen LogP contribution in [0.2, 0.25) is 20.6 Å². The van der Waals surface area contributed by atoms with Crippen LogP contribution < -0.4 is 25.4 Å². The van der Waals surface area contributed by atoms with Crippen LogP contribution in [-0.4, -0.2) is 106 Å². The predicted octanol–water partition coefficient (Wildman–Crippen LogP) is 7.45. The molecule has 22 nitrogen and oxygen atoms in total. The minimum Gasteiger partial charge on any atom is -0.476 e. The van der Waals surface area contributed by atoms with Crippen molar-refractivity contribution < 1.29 is 48.4 Å². The van der Waals surface area contributed by atoms with E-state index in [1.807, 2.05) is 42.5 Å². The summed E-state index contributed by atoms with van der Waals surface area (Å²) in [7, 11) is -14.7. The van der Waals surface area contributed by atoms with Gasteiger partial charge in [-0.1, -0.05) is 59.6 Å². The third-order valence-electron chi connectivity index (χ3n) is 10.9. The predicted molar refractivity (Wildman–Crippen MR) is 267 cm³/mol. The number of ether oxygens (including phenoxy) is 2. The molecule has 0 saturated heterocycles. The highest BCUT2D eigenvalue weighted by atomic mass is 35.5. The first-order valence-electron chi connectivity index (χ1n) is 21.2. The molecule has 72 heavy (non-hydrogen) atoms. The Kier molecular flexibility index (Phi) is 14.4. The molecule has 0 spiro atoms. The second-order valence-corrected chi connectivity index (χ2v) is 21.5. The van der Waals surface area contributed by atoms with Gasteiger partial charge in [0.2, 0.25) is 22.5 Å². The molecule has 2 atom stereocenters. The van der Waals surface area contributed by atoms with E-state index in [0.717, 1.165) is 23.3 Å². The summed E-state index contributed by atoms with van der Waals surface area (Å²) in [5.41, 5.74) is 2.41. The Labute approximate surface area is 430 Å². The Bertz CT molecular complexity index is 3600. The Balaban J connectivity index is 0.840. The number of hydrogen-bond donors (Lipinski definition) is 6. The molecular formula is C43H35Cl4N11O11S3. The van der Waals surface area contributed by atoms with E-state index in [4.69, 9.17) is 60.9 Å². The van der Waals surface area contributed by atoms with Gasteiger partial charge in [-0.05, 0) is 96.1 Å².